The zero-order valence-electron chi connectivity index (χ0n) is 17.9. The summed E-state index contributed by atoms with van der Waals surface area (Å²) in [6, 6.07) is 19.9. The summed E-state index contributed by atoms with van der Waals surface area (Å²) in [5, 5.41) is 0. The van der Waals surface area contributed by atoms with Crippen LogP contribution in [0.3, 0.4) is 0 Å². The van der Waals surface area contributed by atoms with Gasteiger partial charge in [-0.25, -0.2) is 0 Å². The summed E-state index contributed by atoms with van der Waals surface area (Å²) in [4.78, 5) is 0. The number of hydrogen-bond acceptors (Lipinski definition) is 6. The summed E-state index contributed by atoms with van der Waals surface area (Å²) in [6.07, 6.45) is 0. The molecule has 0 amide bonds. The number of hydrogen-bond donors (Lipinski definition) is 0. The summed E-state index contributed by atoms with van der Waals surface area (Å²) in [5.74, 6) is 1.35. The molecule has 0 atom stereocenters. The molecule has 164 valence electrons. The van der Waals surface area contributed by atoms with E-state index >= 15 is 0 Å². The number of ether oxygens (including phenoxy) is 6. The third-order valence-electron chi connectivity index (χ3n) is 4.09. The van der Waals surface area contributed by atoms with Crippen LogP contribution in [0.15, 0.2) is 60.7 Å². The van der Waals surface area contributed by atoms with E-state index in [1.165, 1.54) is 0 Å². The van der Waals surface area contributed by atoms with E-state index in [-0.39, 0.29) is 0 Å². The number of benzene rings is 2. The third kappa shape index (κ3) is 8.97. The van der Waals surface area contributed by atoms with Crippen LogP contribution >= 0.6 is 0 Å². The van der Waals surface area contributed by atoms with Crippen LogP contribution in [0.5, 0.6) is 0 Å². The first-order chi connectivity index (χ1) is 14.9. The molecule has 0 saturated carbocycles. The van der Waals surface area contributed by atoms with E-state index in [9.17, 15) is 0 Å². The SMILES string of the molecule is COCCOCCO/C(=C(\OCCOCCOC)c1ccccc1)c1ccccc1. The normalized spacial score (nSPS) is 11.8. The molecule has 0 aliphatic carbocycles. The Labute approximate surface area is 179 Å². The van der Waals surface area contributed by atoms with Gasteiger partial charge in [-0.05, 0) is 0 Å². The fourth-order valence-electron chi connectivity index (χ4n) is 2.63. The molecule has 0 N–H and O–H groups in total. The van der Waals surface area contributed by atoms with Crippen molar-refractivity contribution in [3.8, 4) is 0 Å². The molecule has 0 aliphatic heterocycles. The lowest BCUT2D eigenvalue weighted by molar-refractivity contribution is 0.0456. The predicted molar refractivity (Wildman–Crippen MR) is 117 cm³/mol. The van der Waals surface area contributed by atoms with Gasteiger partial charge in [-0.2, -0.15) is 0 Å². The Balaban J connectivity index is 2.15. The minimum atomic E-state index is 0.401. The molecule has 0 heterocycles. The second kappa shape index (κ2) is 15.5. The lowest BCUT2D eigenvalue weighted by atomic mass is 10.1. The molecule has 30 heavy (non-hydrogen) atoms. The molecule has 0 saturated heterocycles. The van der Waals surface area contributed by atoms with Gasteiger partial charge in [0, 0.05) is 25.3 Å². The molecule has 2 aromatic carbocycles. The Morgan fingerprint density at radius 2 is 0.867 bits per heavy atom. The quantitative estimate of drug-likeness (QED) is 0.235. The van der Waals surface area contributed by atoms with Crippen molar-refractivity contribution in [3.05, 3.63) is 71.8 Å². The Hall–Kier alpha value is -2.38. The average molecular weight is 417 g/mol. The first-order valence-electron chi connectivity index (χ1n) is 10.1. The second-order valence-corrected chi connectivity index (χ2v) is 6.30. The Kier molecular flexibility index (Phi) is 12.3. The van der Waals surface area contributed by atoms with Crippen LogP contribution in [0, 0.1) is 0 Å². The van der Waals surface area contributed by atoms with Gasteiger partial charge in [0.1, 0.15) is 13.2 Å². The molecular formula is C24H32O6. The molecule has 0 aliphatic rings. The Morgan fingerprint density at radius 1 is 0.500 bits per heavy atom. The maximum Gasteiger partial charge on any atom is 0.169 e. The standard InChI is InChI=1S/C24H32O6/c1-25-13-15-27-17-19-29-23(21-9-5-3-6-10-21)24(22-11-7-4-8-12-22)30-20-18-28-16-14-26-2/h3-12H,13-20H2,1-2H3/b24-23-. The van der Waals surface area contributed by atoms with Crippen molar-refractivity contribution >= 4 is 11.5 Å². The highest BCUT2D eigenvalue weighted by Gasteiger charge is 2.15. The summed E-state index contributed by atoms with van der Waals surface area (Å²) in [5.41, 5.74) is 1.88. The van der Waals surface area contributed by atoms with Crippen molar-refractivity contribution in [2.24, 2.45) is 0 Å². The Morgan fingerprint density at radius 3 is 1.23 bits per heavy atom. The highest BCUT2D eigenvalue weighted by Crippen LogP contribution is 2.28. The average Bonchev–Trinajstić information content (AvgIpc) is 2.80. The lowest BCUT2D eigenvalue weighted by Gasteiger charge is -2.18. The monoisotopic (exact) mass is 416 g/mol. The fourth-order valence-corrected chi connectivity index (χ4v) is 2.63. The van der Waals surface area contributed by atoms with E-state index < -0.39 is 0 Å². The molecule has 6 nitrogen and oxygen atoms in total. The molecule has 0 fully saturated rings. The third-order valence-corrected chi connectivity index (χ3v) is 4.09. The molecule has 0 aromatic heterocycles. The molecule has 0 radical (unpaired) electrons. The highest BCUT2D eigenvalue weighted by molar-refractivity contribution is 5.84. The molecular weight excluding hydrogens is 384 g/mol. The maximum absolute atomic E-state index is 6.15. The summed E-state index contributed by atoms with van der Waals surface area (Å²) >= 11 is 0. The van der Waals surface area contributed by atoms with E-state index in [1.807, 2.05) is 60.7 Å². The van der Waals surface area contributed by atoms with E-state index in [0.29, 0.717) is 64.4 Å². The zero-order chi connectivity index (χ0) is 21.3. The smallest absolute Gasteiger partial charge is 0.169 e. The van der Waals surface area contributed by atoms with Gasteiger partial charge < -0.3 is 28.4 Å². The maximum atomic E-state index is 6.15. The van der Waals surface area contributed by atoms with Crippen molar-refractivity contribution in [1.82, 2.24) is 0 Å². The first-order valence-corrected chi connectivity index (χ1v) is 10.1. The van der Waals surface area contributed by atoms with Crippen LogP contribution in [0.25, 0.3) is 11.5 Å². The second-order valence-electron chi connectivity index (χ2n) is 6.30. The number of methoxy groups -OCH3 is 2. The van der Waals surface area contributed by atoms with Crippen LogP contribution in [0.2, 0.25) is 0 Å². The molecule has 0 bridgehead atoms. The van der Waals surface area contributed by atoms with Crippen LogP contribution in [0.4, 0.5) is 0 Å². The molecule has 2 rings (SSSR count). The van der Waals surface area contributed by atoms with Crippen molar-refractivity contribution in [1.29, 1.82) is 0 Å². The summed E-state index contributed by atoms with van der Waals surface area (Å²) in [7, 11) is 3.30. The highest BCUT2D eigenvalue weighted by atomic mass is 16.6. The van der Waals surface area contributed by atoms with Gasteiger partial charge in [-0.1, -0.05) is 60.7 Å². The van der Waals surface area contributed by atoms with Gasteiger partial charge in [-0.15, -0.1) is 0 Å². The number of rotatable bonds is 16. The van der Waals surface area contributed by atoms with Crippen LogP contribution < -0.4 is 0 Å². The minimum absolute atomic E-state index is 0.401. The van der Waals surface area contributed by atoms with Crippen LogP contribution in [-0.4, -0.2) is 67.1 Å². The van der Waals surface area contributed by atoms with E-state index in [0.717, 1.165) is 11.1 Å². The minimum Gasteiger partial charge on any atom is -0.487 e. The zero-order valence-corrected chi connectivity index (χ0v) is 17.9. The van der Waals surface area contributed by atoms with Gasteiger partial charge >= 0.3 is 0 Å². The van der Waals surface area contributed by atoms with Gasteiger partial charge in [-0.3, -0.25) is 0 Å². The van der Waals surface area contributed by atoms with Crippen molar-refractivity contribution in [3.63, 3.8) is 0 Å². The summed E-state index contributed by atoms with van der Waals surface area (Å²) in [6.45, 7) is 3.90. The van der Waals surface area contributed by atoms with E-state index in [2.05, 4.69) is 0 Å². The van der Waals surface area contributed by atoms with Crippen molar-refractivity contribution in [2.45, 2.75) is 0 Å². The molecule has 0 unspecified atom stereocenters. The van der Waals surface area contributed by atoms with Crippen molar-refractivity contribution in [2.75, 3.05) is 67.1 Å². The summed E-state index contributed by atoms with van der Waals surface area (Å²) < 4.78 is 33.4. The van der Waals surface area contributed by atoms with Crippen LogP contribution in [-0.2, 0) is 28.4 Å². The van der Waals surface area contributed by atoms with Gasteiger partial charge in [0.25, 0.3) is 0 Å². The van der Waals surface area contributed by atoms with Crippen molar-refractivity contribution < 1.29 is 28.4 Å². The van der Waals surface area contributed by atoms with E-state index in [1.54, 1.807) is 14.2 Å². The largest absolute Gasteiger partial charge is 0.487 e. The fraction of sp³-hybridized carbons (Fsp3) is 0.417. The lowest BCUT2D eigenvalue weighted by Crippen LogP contribution is -2.11. The topological polar surface area (TPSA) is 55.4 Å². The Bertz CT molecular complexity index is 641. The van der Waals surface area contributed by atoms with E-state index in [4.69, 9.17) is 28.4 Å². The van der Waals surface area contributed by atoms with Gasteiger partial charge in [0.15, 0.2) is 11.5 Å². The molecule has 0 spiro atoms. The van der Waals surface area contributed by atoms with Crippen LogP contribution in [0.1, 0.15) is 11.1 Å². The first kappa shape index (κ1) is 23.9. The molecule has 2 aromatic rings. The molecule has 6 heteroatoms. The van der Waals surface area contributed by atoms with Gasteiger partial charge in [0.2, 0.25) is 0 Å². The van der Waals surface area contributed by atoms with Gasteiger partial charge in [0.05, 0.1) is 39.6 Å². The predicted octanol–water partition coefficient (Wildman–Crippen LogP) is 3.87.